The molecule has 0 saturated carbocycles. The molecular formula is C19H18ClFN4O2. The summed E-state index contributed by atoms with van der Waals surface area (Å²) in [5.41, 5.74) is 6.62. The molecule has 2 aromatic carbocycles. The molecule has 140 valence electrons. The summed E-state index contributed by atoms with van der Waals surface area (Å²) in [6, 6.07) is 13.3. The van der Waals surface area contributed by atoms with Crippen LogP contribution in [0, 0.1) is 5.82 Å². The maximum Gasteiger partial charge on any atom is 0.330 e. The van der Waals surface area contributed by atoms with Crippen LogP contribution in [0.1, 0.15) is 11.1 Å². The van der Waals surface area contributed by atoms with Crippen molar-refractivity contribution in [2.45, 2.75) is 13.1 Å². The van der Waals surface area contributed by atoms with Crippen LogP contribution in [0.15, 0.2) is 58.1 Å². The summed E-state index contributed by atoms with van der Waals surface area (Å²) >= 11 is 6.07. The van der Waals surface area contributed by atoms with E-state index < -0.39 is 17.1 Å². The third-order valence-corrected chi connectivity index (χ3v) is 4.55. The molecule has 0 unspecified atom stereocenters. The normalized spacial score (nSPS) is 10.8. The third kappa shape index (κ3) is 4.03. The molecule has 8 heteroatoms. The van der Waals surface area contributed by atoms with Gasteiger partial charge in [-0.25, -0.2) is 9.18 Å². The Kier molecular flexibility index (Phi) is 5.32. The van der Waals surface area contributed by atoms with Crippen LogP contribution in [0.2, 0.25) is 5.02 Å². The van der Waals surface area contributed by atoms with E-state index in [9.17, 15) is 14.0 Å². The van der Waals surface area contributed by atoms with Crippen LogP contribution in [0.3, 0.4) is 0 Å². The molecule has 0 aliphatic heterocycles. The molecule has 3 N–H and O–H groups in total. The second-order valence-electron chi connectivity index (χ2n) is 6.16. The highest BCUT2D eigenvalue weighted by Gasteiger charge is 2.17. The zero-order chi connectivity index (χ0) is 19.6. The fraction of sp³-hybridized carbons (Fsp3) is 0.158. The van der Waals surface area contributed by atoms with Crippen LogP contribution < -0.4 is 21.9 Å². The molecule has 3 aromatic rings. The number of aromatic amines is 1. The van der Waals surface area contributed by atoms with Crippen LogP contribution in [0.5, 0.6) is 0 Å². The number of halogens is 2. The molecule has 27 heavy (non-hydrogen) atoms. The average Bonchev–Trinajstić information content (AvgIpc) is 2.62. The van der Waals surface area contributed by atoms with E-state index in [1.807, 2.05) is 30.3 Å². The Hall–Kier alpha value is -3.06. The van der Waals surface area contributed by atoms with Gasteiger partial charge in [0.15, 0.2) is 0 Å². The Bertz CT molecular complexity index is 1080. The first kappa shape index (κ1) is 18.7. The highest BCUT2D eigenvalue weighted by molar-refractivity contribution is 6.31. The quantitative estimate of drug-likeness (QED) is 0.703. The van der Waals surface area contributed by atoms with E-state index in [4.69, 9.17) is 17.3 Å². The lowest BCUT2D eigenvalue weighted by Crippen LogP contribution is -2.37. The van der Waals surface area contributed by atoms with Crippen LogP contribution in [0.4, 0.5) is 15.9 Å². The molecule has 1 aromatic heterocycles. The Labute approximate surface area is 159 Å². The number of benzene rings is 2. The molecule has 0 atom stereocenters. The van der Waals surface area contributed by atoms with Crippen molar-refractivity contribution < 1.29 is 4.39 Å². The van der Waals surface area contributed by atoms with Gasteiger partial charge in [0.05, 0.1) is 6.54 Å². The van der Waals surface area contributed by atoms with Crippen LogP contribution >= 0.6 is 11.6 Å². The molecule has 0 radical (unpaired) electrons. The maximum absolute atomic E-state index is 13.2. The molecule has 0 amide bonds. The Balaban J connectivity index is 1.98. The van der Waals surface area contributed by atoms with Gasteiger partial charge in [-0.3, -0.25) is 14.3 Å². The lowest BCUT2D eigenvalue weighted by molar-refractivity contribution is 0.627. The van der Waals surface area contributed by atoms with Crippen molar-refractivity contribution >= 4 is 23.1 Å². The molecule has 0 spiro atoms. The summed E-state index contributed by atoms with van der Waals surface area (Å²) < 4.78 is 14.5. The summed E-state index contributed by atoms with van der Waals surface area (Å²) in [7, 11) is 1.65. The molecule has 6 nitrogen and oxygen atoms in total. The Morgan fingerprint density at radius 2 is 1.89 bits per heavy atom. The SMILES string of the molecule is CN(Cc1ccc(F)cc1Cl)c1c(N)n(Cc2ccccc2)c(=O)[nH]c1=O. The number of aromatic nitrogens is 2. The smallest absolute Gasteiger partial charge is 0.330 e. The van der Waals surface area contributed by atoms with Crippen molar-refractivity contribution in [1.29, 1.82) is 0 Å². The van der Waals surface area contributed by atoms with Gasteiger partial charge in [-0.15, -0.1) is 0 Å². The highest BCUT2D eigenvalue weighted by Crippen LogP contribution is 2.23. The number of nitrogens with zero attached hydrogens (tertiary/aromatic N) is 2. The first-order valence-corrected chi connectivity index (χ1v) is 8.56. The summed E-state index contributed by atoms with van der Waals surface area (Å²) in [5.74, 6) is -0.395. The van der Waals surface area contributed by atoms with Gasteiger partial charge >= 0.3 is 5.69 Å². The maximum atomic E-state index is 13.2. The van der Waals surface area contributed by atoms with Gasteiger partial charge in [0.1, 0.15) is 17.3 Å². The minimum Gasteiger partial charge on any atom is -0.383 e. The number of nitrogens with one attached hydrogen (secondary N) is 1. The molecule has 0 aliphatic carbocycles. The van der Waals surface area contributed by atoms with E-state index in [-0.39, 0.29) is 29.6 Å². The number of hydrogen-bond acceptors (Lipinski definition) is 4. The fourth-order valence-electron chi connectivity index (χ4n) is 2.85. The number of H-pyrrole nitrogens is 1. The fourth-order valence-corrected chi connectivity index (χ4v) is 3.08. The largest absolute Gasteiger partial charge is 0.383 e. The van der Waals surface area contributed by atoms with E-state index in [0.717, 1.165) is 5.56 Å². The number of nitrogen functional groups attached to an aromatic ring is 1. The second-order valence-corrected chi connectivity index (χ2v) is 6.56. The van der Waals surface area contributed by atoms with Gasteiger partial charge in [-0.05, 0) is 23.3 Å². The van der Waals surface area contributed by atoms with Gasteiger partial charge in [-0.2, -0.15) is 0 Å². The summed E-state index contributed by atoms with van der Waals surface area (Å²) in [4.78, 5) is 28.5. The van der Waals surface area contributed by atoms with E-state index in [0.29, 0.717) is 5.56 Å². The van der Waals surface area contributed by atoms with E-state index in [1.54, 1.807) is 18.0 Å². The van der Waals surface area contributed by atoms with Gasteiger partial charge < -0.3 is 10.6 Å². The summed E-state index contributed by atoms with van der Waals surface area (Å²) in [5, 5.41) is 0.245. The molecule has 0 aliphatic rings. The number of anilines is 2. The first-order valence-electron chi connectivity index (χ1n) is 8.18. The van der Waals surface area contributed by atoms with Crippen molar-refractivity contribution in [3.8, 4) is 0 Å². The lowest BCUT2D eigenvalue weighted by atomic mass is 10.2. The van der Waals surface area contributed by atoms with E-state index in [2.05, 4.69) is 4.98 Å². The van der Waals surface area contributed by atoms with Crippen molar-refractivity contribution in [2.75, 3.05) is 17.7 Å². The minimum atomic E-state index is -0.595. The molecule has 0 fully saturated rings. The predicted molar refractivity (Wildman–Crippen MR) is 105 cm³/mol. The molecular weight excluding hydrogens is 371 g/mol. The number of hydrogen-bond donors (Lipinski definition) is 2. The average molecular weight is 389 g/mol. The highest BCUT2D eigenvalue weighted by atomic mass is 35.5. The molecule has 3 rings (SSSR count). The number of nitrogens with two attached hydrogens (primary N) is 1. The topological polar surface area (TPSA) is 84.1 Å². The van der Waals surface area contributed by atoms with E-state index in [1.165, 1.54) is 16.7 Å². The van der Waals surface area contributed by atoms with Crippen LogP contribution in [0.25, 0.3) is 0 Å². The molecule has 0 bridgehead atoms. The molecule has 1 heterocycles. The van der Waals surface area contributed by atoms with E-state index >= 15 is 0 Å². The van der Waals surface area contributed by atoms with Gasteiger partial charge in [0.2, 0.25) is 0 Å². The lowest BCUT2D eigenvalue weighted by Gasteiger charge is -2.22. The van der Waals surface area contributed by atoms with Gasteiger partial charge in [-0.1, -0.05) is 48.0 Å². The predicted octanol–water partition coefficient (Wildman–Crippen LogP) is 2.60. The van der Waals surface area contributed by atoms with Crippen LogP contribution in [-0.2, 0) is 13.1 Å². The van der Waals surface area contributed by atoms with Crippen molar-refractivity contribution in [3.05, 3.63) is 91.3 Å². The zero-order valence-corrected chi connectivity index (χ0v) is 15.3. The minimum absolute atomic E-state index is 0.0494. The Morgan fingerprint density at radius 1 is 1.19 bits per heavy atom. The summed E-state index contributed by atoms with van der Waals surface area (Å²) in [6.07, 6.45) is 0. The van der Waals surface area contributed by atoms with Crippen molar-refractivity contribution in [3.63, 3.8) is 0 Å². The van der Waals surface area contributed by atoms with Crippen molar-refractivity contribution in [2.24, 2.45) is 0 Å². The van der Waals surface area contributed by atoms with Gasteiger partial charge in [0.25, 0.3) is 5.56 Å². The zero-order valence-electron chi connectivity index (χ0n) is 14.6. The first-order chi connectivity index (χ1) is 12.9. The van der Waals surface area contributed by atoms with Gasteiger partial charge in [0, 0.05) is 18.6 Å². The van der Waals surface area contributed by atoms with Crippen LogP contribution in [-0.4, -0.2) is 16.6 Å². The Morgan fingerprint density at radius 3 is 2.56 bits per heavy atom. The third-order valence-electron chi connectivity index (χ3n) is 4.20. The molecule has 0 saturated heterocycles. The summed E-state index contributed by atoms with van der Waals surface area (Å²) in [6.45, 7) is 0.441. The van der Waals surface area contributed by atoms with Crippen molar-refractivity contribution in [1.82, 2.24) is 9.55 Å². The monoisotopic (exact) mass is 388 g/mol. The number of rotatable bonds is 5. The standard InChI is InChI=1S/C19H18ClFN4O2/c1-24(11-13-7-8-14(21)9-15(13)20)16-17(22)25(19(27)23-18(16)26)10-12-5-3-2-4-6-12/h2-9H,10-11,22H2,1H3,(H,23,26,27). The second kappa shape index (κ2) is 7.67.